The maximum atomic E-state index is 12.9. The Morgan fingerprint density at radius 3 is 0.829 bits per heavy atom. The number of hydrogen-bond acceptors (Lipinski definition) is 6. The minimum Gasteiger partial charge on any atom is -0.462 e. The van der Waals surface area contributed by atoms with Crippen LogP contribution in [0.2, 0.25) is 0 Å². The van der Waals surface area contributed by atoms with E-state index in [0.29, 0.717) is 19.3 Å². The Hall–Kier alpha value is -3.67. The van der Waals surface area contributed by atoms with E-state index in [0.717, 1.165) is 83.5 Å². The molecule has 1 unspecified atom stereocenters. The van der Waals surface area contributed by atoms with Gasteiger partial charge in [-0.2, -0.15) is 0 Å². The van der Waals surface area contributed by atoms with Crippen molar-refractivity contribution >= 4 is 17.9 Å². The standard InChI is InChI=1S/C76H132O6/c1-4-7-10-13-16-19-22-25-27-29-31-32-33-34-35-36-37-38-39-40-41-42-43-44-45-47-48-51-54-57-60-63-66-69-75(78)81-72-73(71-80-74(77)68-65-62-59-56-53-50-24-21-18-15-12-9-6-3)82-76(79)70-67-64-61-58-55-52-49-46-30-28-26-23-20-17-14-11-8-5-2/h9,12,18,20-23,25,28-31,50,53,59,62,73H,4-8,10-11,13-17,19,24,26-27,32-49,51-52,54-58,60-61,63-72H2,1-3H3/b12-9-,21-18-,23-20-,25-22-,30-28-,31-29-,53-50-,62-59-. The maximum Gasteiger partial charge on any atom is 0.306 e. The van der Waals surface area contributed by atoms with Crippen LogP contribution in [0.3, 0.4) is 0 Å². The summed E-state index contributed by atoms with van der Waals surface area (Å²) in [5, 5.41) is 0. The van der Waals surface area contributed by atoms with Crippen molar-refractivity contribution in [3.63, 3.8) is 0 Å². The number of carbonyl (C=O) groups is 3. The molecule has 0 saturated carbocycles. The zero-order chi connectivity index (χ0) is 59.2. The second kappa shape index (κ2) is 69.8. The lowest BCUT2D eigenvalue weighted by atomic mass is 10.0. The summed E-state index contributed by atoms with van der Waals surface area (Å²) in [6.45, 7) is 6.46. The van der Waals surface area contributed by atoms with Gasteiger partial charge in [0, 0.05) is 19.3 Å². The molecular weight excluding hydrogens is 1010 g/mol. The van der Waals surface area contributed by atoms with Gasteiger partial charge in [-0.05, 0) is 109 Å². The van der Waals surface area contributed by atoms with E-state index < -0.39 is 6.10 Å². The minimum absolute atomic E-state index is 0.100. The molecule has 0 fully saturated rings. The van der Waals surface area contributed by atoms with E-state index in [1.165, 1.54) is 218 Å². The van der Waals surface area contributed by atoms with Gasteiger partial charge in [0.25, 0.3) is 0 Å². The minimum atomic E-state index is -0.811. The highest BCUT2D eigenvalue weighted by Crippen LogP contribution is 2.17. The summed E-state index contributed by atoms with van der Waals surface area (Å²) in [6.07, 6.45) is 94.7. The number of esters is 3. The number of rotatable bonds is 64. The summed E-state index contributed by atoms with van der Waals surface area (Å²) < 4.78 is 16.9. The molecule has 0 bridgehead atoms. The van der Waals surface area contributed by atoms with Crippen molar-refractivity contribution in [3.05, 3.63) is 97.2 Å². The van der Waals surface area contributed by atoms with Gasteiger partial charge in [-0.3, -0.25) is 14.4 Å². The van der Waals surface area contributed by atoms with Gasteiger partial charge in [-0.15, -0.1) is 0 Å². The van der Waals surface area contributed by atoms with Gasteiger partial charge in [-0.1, -0.05) is 317 Å². The molecule has 0 aliphatic heterocycles. The van der Waals surface area contributed by atoms with Gasteiger partial charge in [-0.25, -0.2) is 0 Å². The molecule has 0 radical (unpaired) electrons. The van der Waals surface area contributed by atoms with Crippen LogP contribution in [0, 0.1) is 0 Å². The Labute approximate surface area is 508 Å². The quantitative estimate of drug-likeness (QED) is 0.0261. The van der Waals surface area contributed by atoms with Crippen molar-refractivity contribution in [3.8, 4) is 0 Å². The topological polar surface area (TPSA) is 78.9 Å². The van der Waals surface area contributed by atoms with E-state index in [2.05, 4.69) is 112 Å². The Kier molecular flexibility index (Phi) is 66.7. The largest absolute Gasteiger partial charge is 0.462 e. The van der Waals surface area contributed by atoms with Crippen LogP contribution in [0.25, 0.3) is 0 Å². The predicted molar refractivity (Wildman–Crippen MR) is 357 cm³/mol. The van der Waals surface area contributed by atoms with E-state index in [4.69, 9.17) is 14.2 Å². The molecule has 1 atom stereocenters. The molecule has 0 aliphatic rings. The number of hydrogen-bond donors (Lipinski definition) is 0. The van der Waals surface area contributed by atoms with Crippen LogP contribution in [0.5, 0.6) is 0 Å². The Morgan fingerprint density at radius 1 is 0.256 bits per heavy atom. The smallest absolute Gasteiger partial charge is 0.306 e. The van der Waals surface area contributed by atoms with Gasteiger partial charge < -0.3 is 14.2 Å². The van der Waals surface area contributed by atoms with Crippen LogP contribution in [-0.4, -0.2) is 37.2 Å². The molecule has 0 aromatic carbocycles. The highest BCUT2D eigenvalue weighted by molar-refractivity contribution is 5.71. The molecule has 0 aromatic rings. The van der Waals surface area contributed by atoms with Crippen LogP contribution >= 0.6 is 0 Å². The van der Waals surface area contributed by atoms with Crippen molar-refractivity contribution in [2.24, 2.45) is 0 Å². The molecule has 0 aromatic heterocycles. The average Bonchev–Trinajstić information content (AvgIpc) is 3.47. The van der Waals surface area contributed by atoms with Crippen LogP contribution < -0.4 is 0 Å². The average molecular weight is 1140 g/mol. The molecule has 0 amide bonds. The first-order valence-corrected chi connectivity index (χ1v) is 35.2. The molecule has 82 heavy (non-hydrogen) atoms. The van der Waals surface area contributed by atoms with Crippen LogP contribution in [0.4, 0.5) is 0 Å². The summed E-state index contributed by atoms with van der Waals surface area (Å²) in [5.41, 5.74) is 0. The molecule has 0 saturated heterocycles. The van der Waals surface area contributed by atoms with E-state index in [1.807, 2.05) is 6.08 Å². The lowest BCUT2D eigenvalue weighted by Gasteiger charge is -2.18. The van der Waals surface area contributed by atoms with E-state index in [1.54, 1.807) is 0 Å². The number of carbonyl (C=O) groups excluding carboxylic acids is 3. The fourth-order valence-corrected chi connectivity index (χ4v) is 10.0. The second-order valence-electron chi connectivity index (χ2n) is 23.4. The lowest BCUT2D eigenvalue weighted by molar-refractivity contribution is -0.166. The fourth-order valence-electron chi connectivity index (χ4n) is 10.0. The number of ether oxygens (including phenoxy) is 3. The van der Waals surface area contributed by atoms with E-state index >= 15 is 0 Å². The Bertz CT molecular complexity index is 1590. The SMILES string of the molecule is CC/C=C\C/C=C\C/C=C\C/C=C\CCC(=O)OCC(COC(=O)CCCCCCCCCCCCCCCCCCCCCCC/C=C\C/C=C\CCCCCCC)OC(=O)CCCCCCCCC/C=C\C/C=C\CCCCCC. The molecule has 472 valence electrons. The van der Waals surface area contributed by atoms with Crippen molar-refractivity contribution < 1.29 is 28.6 Å². The zero-order valence-electron chi connectivity index (χ0n) is 54.2. The summed E-state index contributed by atoms with van der Waals surface area (Å²) in [5.74, 6) is -0.980. The third kappa shape index (κ3) is 67.1. The predicted octanol–water partition coefficient (Wildman–Crippen LogP) is 24.4. The van der Waals surface area contributed by atoms with Gasteiger partial charge in [0.2, 0.25) is 0 Å². The van der Waals surface area contributed by atoms with Crippen molar-refractivity contribution in [2.45, 2.75) is 354 Å². The van der Waals surface area contributed by atoms with Gasteiger partial charge in [0.05, 0.1) is 0 Å². The monoisotopic (exact) mass is 1140 g/mol. The molecule has 0 heterocycles. The first kappa shape index (κ1) is 78.3. The summed E-state index contributed by atoms with van der Waals surface area (Å²) in [4.78, 5) is 38.3. The van der Waals surface area contributed by atoms with Crippen molar-refractivity contribution in [1.82, 2.24) is 0 Å². The van der Waals surface area contributed by atoms with Crippen molar-refractivity contribution in [1.29, 1.82) is 0 Å². The zero-order valence-corrected chi connectivity index (χ0v) is 54.2. The molecule has 6 nitrogen and oxygen atoms in total. The van der Waals surface area contributed by atoms with Gasteiger partial charge in [0.15, 0.2) is 6.10 Å². The lowest BCUT2D eigenvalue weighted by Crippen LogP contribution is -2.30. The summed E-state index contributed by atoms with van der Waals surface area (Å²) >= 11 is 0. The first-order chi connectivity index (χ1) is 40.5. The molecule has 0 aliphatic carbocycles. The molecular formula is C76H132O6. The van der Waals surface area contributed by atoms with Gasteiger partial charge >= 0.3 is 17.9 Å². The second-order valence-corrected chi connectivity index (χ2v) is 23.4. The normalized spacial score (nSPS) is 12.7. The highest BCUT2D eigenvalue weighted by atomic mass is 16.6. The summed E-state index contributed by atoms with van der Waals surface area (Å²) in [6, 6.07) is 0. The molecule has 0 N–H and O–H groups in total. The third-order valence-electron chi connectivity index (χ3n) is 15.3. The number of allylic oxidation sites excluding steroid dienone is 16. The molecule has 6 heteroatoms. The Morgan fingerprint density at radius 2 is 0.500 bits per heavy atom. The van der Waals surface area contributed by atoms with Gasteiger partial charge in [0.1, 0.15) is 13.2 Å². The van der Waals surface area contributed by atoms with E-state index in [9.17, 15) is 14.4 Å². The van der Waals surface area contributed by atoms with Crippen LogP contribution in [-0.2, 0) is 28.6 Å². The van der Waals surface area contributed by atoms with Crippen LogP contribution in [0.1, 0.15) is 348 Å². The van der Waals surface area contributed by atoms with Crippen molar-refractivity contribution in [2.75, 3.05) is 13.2 Å². The number of unbranched alkanes of at least 4 members (excludes halogenated alkanes) is 37. The maximum absolute atomic E-state index is 12.9. The molecule has 0 rings (SSSR count). The fraction of sp³-hybridized carbons (Fsp3) is 0.750. The molecule has 0 spiro atoms. The van der Waals surface area contributed by atoms with E-state index in [-0.39, 0.29) is 37.5 Å². The highest BCUT2D eigenvalue weighted by Gasteiger charge is 2.19. The van der Waals surface area contributed by atoms with Crippen LogP contribution in [0.15, 0.2) is 97.2 Å². The summed E-state index contributed by atoms with van der Waals surface area (Å²) in [7, 11) is 0. The third-order valence-corrected chi connectivity index (χ3v) is 15.3. The first-order valence-electron chi connectivity index (χ1n) is 35.2. The Balaban J connectivity index is 4.19.